The summed E-state index contributed by atoms with van der Waals surface area (Å²) in [5.41, 5.74) is 0.546. The van der Waals surface area contributed by atoms with E-state index < -0.39 is 11.9 Å². The average Bonchev–Trinajstić information content (AvgIpc) is 2.40. The number of carbonyl (C=O) groups excluding carboxylic acids is 1. The lowest BCUT2D eigenvalue weighted by Gasteiger charge is -2.07. The molecule has 0 bridgehead atoms. The van der Waals surface area contributed by atoms with Crippen molar-refractivity contribution in [2.45, 2.75) is 0 Å². The first kappa shape index (κ1) is 11.7. The first-order valence-corrected chi connectivity index (χ1v) is 5.07. The normalized spacial score (nSPS) is 9.78. The molecular weight excluding hydrogens is 234 g/mol. The number of nitrogens with zero attached hydrogens (tertiary/aromatic N) is 2. The van der Waals surface area contributed by atoms with Gasteiger partial charge in [0.1, 0.15) is 0 Å². The van der Waals surface area contributed by atoms with Crippen LogP contribution in [0, 0.1) is 0 Å². The topological polar surface area (TPSA) is 92.2 Å². The molecule has 0 aliphatic heterocycles. The second kappa shape index (κ2) is 5.05. The number of rotatable bonds is 3. The highest BCUT2D eigenvalue weighted by atomic mass is 16.4. The van der Waals surface area contributed by atoms with Crippen molar-refractivity contribution in [1.82, 2.24) is 9.97 Å². The molecule has 0 radical (unpaired) electrons. The van der Waals surface area contributed by atoms with Crippen LogP contribution >= 0.6 is 0 Å². The molecule has 0 fully saturated rings. The van der Waals surface area contributed by atoms with Gasteiger partial charge in [-0.1, -0.05) is 0 Å². The second-order valence-electron chi connectivity index (χ2n) is 3.42. The van der Waals surface area contributed by atoms with Crippen molar-refractivity contribution in [2.75, 3.05) is 5.32 Å². The number of aromatic carboxylic acids is 1. The molecule has 0 aliphatic carbocycles. The van der Waals surface area contributed by atoms with Crippen LogP contribution in [-0.2, 0) is 0 Å². The number of pyridine rings is 2. The lowest BCUT2D eigenvalue weighted by molar-refractivity contribution is 0.0698. The fourth-order valence-corrected chi connectivity index (χ4v) is 1.38. The molecule has 1 amide bonds. The number of carbonyl (C=O) groups is 2. The van der Waals surface area contributed by atoms with Crippen LogP contribution in [0.3, 0.4) is 0 Å². The van der Waals surface area contributed by atoms with E-state index in [1.807, 2.05) is 0 Å². The summed E-state index contributed by atoms with van der Waals surface area (Å²) < 4.78 is 0. The third kappa shape index (κ3) is 2.49. The molecule has 2 N–H and O–H groups in total. The highest BCUT2D eigenvalue weighted by Crippen LogP contribution is 2.14. The Hall–Kier alpha value is -2.76. The minimum Gasteiger partial charge on any atom is -0.478 e. The van der Waals surface area contributed by atoms with Crippen molar-refractivity contribution in [2.24, 2.45) is 0 Å². The van der Waals surface area contributed by atoms with Crippen molar-refractivity contribution in [3.05, 3.63) is 54.1 Å². The monoisotopic (exact) mass is 243 g/mol. The van der Waals surface area contributed by atoms with Crippen molar-refractivity contribution >= 4 is 17.6 Å². The Morgan fingerprint density at radius 2 is 1.72 bits per heavy atom. The zero-order valence-corrected chi connectivity index (χ0v) is 9.20. The van der Waals surface area contributed by atoms with Crippen LogP contribution in [0.1, 0.15) is 20.7 Å². The molecule has 2 aromatic rings. The van der Waals surface area contributed by atoms with Crippen LogP contribution in [0.15, 0.2) is 43.0 Å². The molecule has 2 heterocycles. The van der Waals surface area contributed by atoms with Crippen molar-refractivity contribution < 1.29 is 14.7 Å². The van der Waals surface area contributed by atoms with Gasteiger partial charge in [0, 0.05) is 24.2 Å². The third-order valence-electron chi connectivity index (χ3n) is 2.24. The maximum absolute atomic E-state index is 11.8. The van der Waals surface area contributed by atoms with Crippen LogP contribution in [-0.4, -0.2) is 27.0 Å². The van der Waals surface area contributed by atoms with E-state index in [0.29, 0.717) is 5.56 Å². The molecule has 0 atom stereocenters. The van der Waals surface area contributed by atoms with E-state index in [9.17, 15) is 9.59 Å². The number of anilines is 1. The summed E-state index contributed by atoms with van der Waals surface area (Å²) in [6.45, 7) is 0. The number of aromatic nitrogens is 2. The minimum atomic E-state index is -1.12. The molecule has 2 aromatic heterocycles. The van der Waals surface area contributed by atoms with Crippen LogP contribution in [0.4, 0.5) is 5.69 Å². The lowest BCUT2D eigenvalue weighted by Crippen LogP contribution is -2.15. The Labute approximate surface area is 102 Å². The maximum Gasteiger partial charge on any atom is 0.337 e. The fraction of sp³-hybridized carbons (Fsp3) is 0. The molecule has 0 saturated carbocycles. The van der Waals surface area contributed by atoms with E-state index in [1.54, 1.807) is 0 Å². The van der Waals surface area contributed by atoms with Gasteiger partial charge in [0.15, 0.2) is 0 Å². The number of hydrogen-bond acceptors (Lipinski definition) is 4. The second-order valence-corrected chi connectivity index (χ2v) is 3.42. The standard InChI is InChI=1S/C12H9N3O3/c16-11(8-1-4-13-5-2-8)15-10-7-14-6-3-9(10)12(17)18/h1-7H,(H,15,16)(H,17,18). The zero-order chi connectivity index (χ0) is 13.0. The Kier molecular flexibility index (Phi) is 3.29. The van der Waals surface area contributed by atoms with E-state index in [-0.39, 0.29) is 11.3 Å². The Balaban J connectivity index is 2.25. The first-order valence-electron chi connectivity index (χ1n) is 5.07. The van der Waals surface area contributed by atoms with Gasteiger partial charge in [-0.3, -0.25) is 14.8 Å². The highest BCUT2D eigenvalue weighted by Gasteiger charge is 2.13. The summed E-state index contributed by atoms with van der Waals surface area (Å²) >= 11 is 0. The number of hydrogen-bond donors (Lipinski definition) is 2. The van der Waals surface area contributed by atoms with Gasteiger partial charge in [0.25, 0.3) is 5.91 Å². The van der Waals surface area contributed by atoms with Crippen molar-refractivity contribution in [3.63, 3.8) is 0 Å². The van der Waals surface area contributed by atoms with Crippen LogP contribution in [0.5, 0.6) is 0 Å². The largest absolute Gasteiger partial charge is 0.478 e. The number of nitrogens with one attached hydrogen (secondary N) is 1. The molecule has 0 aliphatic rings. The number of amides is 1. The molecule has 0 spiro atoms. The summed E-state index contributed by atoms with van der Waals surface area (Å²) in [5, 5.41) is 11.5. The molecule has 18 heavy (non-hydrogen) atoms. The van der Waals surface area contributed by atoms with Gasteiger partial charge >= 0.3 is 5.97 Å². The number of carboxylic acid groups (broad SMARTS) is 1. The molecule has 90 valence electrons. The summed E-state index contributed by atoms with van der Waals surface area (Å²) in [6, 6.07) is 4.39. The quantitative estimate of drug-likeness (QED) is 0.850. The summed E-state index contributed by atoms with van der Waals surface area (Å²) in [7, 11) is 0. The summed E-state index contributed by atoms with van der Waals surface area (Å²) in [5.74, 6) is -1.53. The maximum atomic E-state index is 11.8. The van der Waals surface area contributed by atoms with Gasteiger partial charge in [-0.15, -0.1) is 0 Å². The van der Waals surface area contributed by atoms with E-state index in [4.69, 9.17) is 5.11 Å². The summed E-state index contributed by atoms with van der Waals surface area (Å²) in [6.07, 6.45) is 5.61. The van der Waals surface area contributed by atoms with Gasteiger partial charge in [-0.2, -0.15) is 0 Å². The first-order chi connectivity index (χ1) is 8.68. The van der Waals surface area contributed by atoms with E-state index in [0.717, 1.165) is 0 Å². The van der Waals surface area contributed by atoms with Crippen LogP contribution in [0.25, 0.3) is 0 Å². The van der Waals surface area contributed by atoms with Crippen LogP contribution < -0.4 is 5.32 Å². The smallest absolute Gasteiger partial charge is 0.337 e. The molecule has 6 heteroatoms. The highest BCUT2D eigenvalue weighted by molar-refractivity contribution is 6.07. The molecule has 0 unspecified atom stereocenters. The van der Waals surface area contributed by atoms with Gasteiger partial charge < -0.3 is 10.4 Å². The predicted molar refractivity (Wildman–Crippen MR) is 63.4 cm³/mol. The summed E-state index contributed by atoms with van der Waals surface area (Å²) in [4.78, 5) is 30.4. The number of carboxylic acids is 1. The molecule has 6 nitrogen and oxygen atoms in total. The zero-order valence-electron chi connectivity index (χ0n) is 9.20. The van der Waals surface area contributed by atoms with Crippen LogP contribution in [0.2, 0.25) is 0 Å². The third-order valence-corrected chi connectivity index (χ3v) is 2.24. The lowest BCUT2D eigenvalue weighted by atomic mass is 10.2. The Bertz CT molecular complexity index is 584. The van der Waals surface area contributed by atoms with E-state index >= 15 is 0 Å². The minimum absolute atomic E-state index is 0.00703. The SMILES string of the molecule is O=C(Nc1cnccc1C(=O)O)c1ccncc1. The van der Waals surface area contributed by atoms with Gasteiger partial charge in [-0.25, -0.2) is 4.79 Å². The van der Waals surface area contributed by atoms with Gasteiger partial charge in [-0.05, 0) is 18.2 Å². The Morgan fingerprint density at radius 3 is 2.39 bits per heavy atom. The van der Waals surface area contributed by atoms with E-state index in [2.05, 4.69) is 15.3 Å². The Morgan fingerprint density at radius 1 is 1.06 bits per heavy atom. The van der Waals surface area contributed by atoms with E-state index in [1.165, 1.54) is 43.0 Å². The van der Waals surface area contributed by atoms with Gasteiger partial charge in [0.05, 0.1) is 17.4 Å². The molecule has 0 saturated heterocycles. The van der Waals surface area contributed by atoms with Crippen molar-refractivity contribution in [1.29, 1.82) is 0 Å². The molecule has 2 rings (SSSR count). The predicted octanol–water partition coefficient (Wildman–Crippen LogP) is 1.43. The fourth-order valence-electron chi connectivity index (χ4n) is 1.38. The molecule has 0 aromatic carbocycles. The van der Waals surface area contributed by atoms with Crippen molar-refractivity contribution in [3.8, 4) is 0 Å². The average molecular weight is 243 g/mol. The molecular formula is C12H9N3O3. The van der Waals surface area contributed by atoms with Gasteiger partial charge in [0.2, 0.25) is 0 Å².